The Morgan fingerprint density at radius 3 is 2.37 bits per heavy atom. The lowest BCUT2D eigenvalue weighted by atomic mass is 9.70. The first-order valence-electron chi connectivity index (χ1n) is 11.1. The summed E-state index contributed by atoms with van der Waals surface area (Å²) in [6, 6.07) is 7.49. The summed E-state index contributed by atoms with van der Waals surface area (Å²) in [6.45, 7) is 9.68. The Morgan fingerprint density at radius 1 is 1.17 bits per heavy atom. The molecule has 166 valence electrons. The average molecular weight is 435 g/mol. The number of likely N-dealkylation sites (tertiary alicyclic amines) is 1. The Morgan fingerprint density at radius 2 is 1.83 bits per heavy atom. The number of amides is 2. The second kappa shape index (κ2) is 9.27. The van der Waals surface area contributed by atoms with Crippen LogP contribution in [0.3, 0.4) is 0 Å². The van der Waals surface area contributed by atoms with E-state index in [4.69, 9.17) is 11.6 Å². The standard InChI is InChI=1S/C24H35ClN2O3/c1-15(2)21(26-22(29)17-7-10-19(28)13-17)23(30)27-12-11-20(24(3,4)14-27)16-5-8-18(25)9-6-16/h5-6,8-9,15,17,19-21,28H,7,10-14H2,1-4H3,(H,26,29)/t17?,19-,20?,21-/m1/s1. The molecule has 30 heavy (non-hydrogen) atoms. The van der Waals surface area contributed by atoms with Crippen molar-refractivity contribution in [2.75, 3.05) is 13.1 Å². The average Bonchev–Trinajstić information content (AvgIpc) is 3.12. The third-order valence-electron chi connectivity index (χ3n) is 6.82. The number of nitrogens with zero attached hydrogens (tertiary/aromatic N) is 1. The number of hydrogen-bond acceptors (Lipinski definition) is 3. The number of aliphatic hydroxyl groups is 1. The van der Waals surface area contributed by atoms with Gasteiger partial charge in [-0.25, -0.2) is 0 Å². The van der Waals surface area contributed by atoms with Crippen LogP contribution in [0.2, 0.25) is 5.02 Å². The molecule has 1 aromatic rings. The minimum Gasteiger partial charge on any atom is -0.393 e. The number of benzene rings is 1. The van der Waals surface area contributed by atoms with Gasteiger partial charge in [0.25, 0.3) is 0 Å². The Hall–Kier alpha value is -1.59. The number of hydrogen-bond donors (Lipinski definition) is 2. The molecule has 2 aliphatic rings. The van der Waals surface area contributed by atoms with Crippen molar-refractivity contribution in [2.45, 2.75) is 71.4 Å². The Labute approximate surface area is 185 Å². The molecule has 1 heterocycles. The van der Waals surface area contributed by atoms with E-state index in [1.165, 1.54) is 5.56 Å². The van der Waals surface area contributed by atoms with Crippen molar-refractivity contribution in [1.82, 2.24) is 10.2 Å². The van der Waals surface area contributed by atoms with E-state index < -0.39 is 12.1 Å². The minimum absolute atomic E-state index is 0.000438. The zero-order valence-corrected chi connectivity index (χ0v) is 19.3. The van der Waals surface area contributed by atoms with Crippen LogP contribution in [0.15, 0.2) is 24.3 Å². The van der Waals surface area contributed by atoms with Gasteiger partial charge >= 0.3 is 0 Å². The summed E-state index contributed by atoms with van der Waals surface area (Å²) >= 11 is 6.05. The highest BCUT2D eigenvalue weighted by Crippen LogP contribution is 2.42. The molecule has 2 amide bonds. The maximum absolute atomic E-state index is 13.4. The molecule has 1 saturated heterocycles. The summed E-state index contributed by atoms with van der Waals surface area (Å²) in [4.78, 5) is 28.0. The molecule has 0 aromatic heterocycles. The molecule has 1 aromatic carbocycles. The van der Waals surface area contributed by atoms with Crippen molar-refractivity contribution in [1.29, 1.82) is 0 Å². The van der Waals surface area contributed by atoms with Gasteiger partial charge in [0.1, 0.15) is 6.04 Å². The molecule has 1 aliphatic carbocycles. The lowest BCUT2D eigenvalue weighted by molar-refractivity contribution is -0.141. The number of aliphatic hydroxyl groups excluding tert-OH is 1. The number of nitrogens with one attached hydrogen (secondary N) is 1. The van der Waals surface area contributed by atoms with Gasteiger partial charge < -0.3 is 15.3 Å². The molecular formula is C24H35ClN2O3. The van der Waals surface area contributed by atoms with Crippen LogP contribution in [0, 0.1) is 17.3 Å². The fourth-order valence-corrected chi connectivity index (χ4v) is 5.16. The maximum atomic E-state index is 13.4. The third-order valence-corrected chi connectivity index (χ3v) is 7.07. The van der Waals surface area contributed by atoms with Crippen LogP contribution in [0.1, 0.15) is 64.9 Å². The molecular weight excluding hydrogens is 400 g/mol. The highest BCUT2D eigenvalue weighted by molar-refractivity contribution is 6.30. The van der Waals surface area contributed by atoms with Gasteiger partial charge in [0, 0.05) is 24.0 Å². The lowest BCUT2D eigenvalue weighted by Gasteiger charge is -2.46. The van der Waals surface area contributed by atoms with E-state index in [0.717, 1.165) is 11.4 Å². The molecule has 6 heteroatoms. The van der Waals surface area contributed by atoms with E-state index >= 15 is 0 Å². The Kier molecular flexibility index (Phi) is 7.13. The topological polar surface area (TPSA) is 69.6 Å². The number of carbonyl (C=O) groups excluding carboxylic acids is 2. The van der Waals surface area contributed by atoms with Crippen molar-refractivity contribution in [3.8, 4) is 0 Å². The van der Waals surface area contributed by atoms with Gasteiger partial charge in [-0.3, -0.25) is 9.59 Å². The van der Waals surface area contributed by atoms with Gasteiger partial charge in [0.15, 0.2) is 0 Å². The summed E-state index contributed by atoms with van der Waals surface area (Å²) in [5.41, 5.74) is 1.17. The van der Waals surface area contributed by atoms with Crippen molar-refractivity contribution in [3.05, 3.63) is 34.9 Å². The van der Waals surface area contributed by atoms with Crippen LogP contribution in [-0.2, 0) is 9.59 Å². The van der Waals surface area contributed by atoms with Gasteiger partial charge in [-0.2, -0.15) is 0 Å². The van der Waals surface area contributed by atoms with Crippen LogP contribution in [-0.4, -0.2) is 47.1 Å². The second-order valence-electron chi connectivity index (χ2n) is 10.0. The van der Waals surface area contributed by atoms with Gasteiger partial charge in [-0.1, -0.05) is 51.4 Å². The molecule has 4 atom stereocenters. The quantitative estimate of drug-likeness (QED) is 0.736. The highest BCUT2D eigenvalue weighted by atomic mass is 35.5. The van der Waals surface area contributed by atoms with Crippen molar-refractivity contribution < 1.29 is 14.7 Å². The van der Waals surface area contributed by atoms with E-state index in [0.29, 0.717) is 38.3 Å². The van der Waals surface area contributed by atoms with E-state index in [2.05, 4.69) is 31.3 Å². The molecule has 1 saturated carbocycles. The van der Waals surface area contributed by atoms with Crippen LogP contribution >= 0.6 is 11.6 Å². The first-order chi connectivity index (χ1) is 14.1. The van der Waals surface area contributed by atoms with Gasteiger partial charge in [-0.05, 0) is 60.6 Å². The number of piperidine rings is 1. The van der Waals surface area contributed by atoms with Gasteiger partial charge in [0.2, 0.25) is 11.8 Å². The number of halogens is 1. The molecule has 2 N–H and O–H groups in total. The lowest BCUT2D eigenvalue weighted by Crippen LogP contribution is -2.56. The van der Waals surface area contributed by atoms with Crippen LogP contribution in [0.4, 0.5) is 0 Å². The van der Waals surface area contributed by atoms with Crippen molar-refractivity contribution in [2.24, 2.45) is 17.3 Å². The predicted octanol–water partition coefficient (Wildman–Crippen LogP) is 3.98. The zero-order valence-electron chi connectivity index (χ0n) is 18.5. The Balaban J connectivity index is 1.67. The Bertz CT molecular complexity index is 762. The van der Waals surface area contributed by atoms with E-state index in [1.54, 1.807) is 0 Å². The summed E-state index contributed by atoms with van der Waals surface area (Å²) in [5, 5.41) is 13.5. The van der Waals surface area contributed by atoms with Gasteiger partial charge in [0.05, 0.1) is 6.10 Å². The first kappa shape index (κ1) is 23.1. The molecule has 2 unspecified atom stereocenters. The van der Waals surface area contributed by atoms with E-state index in [-0.39, 0.29) is 29.1 Å². The van der Waals surface area contributed by atoms with Crippen molar-refractivity contribution >= 4 is 23.4 Å². The summed E-state index contributed by atoms with van der Waals surface area (Å²) in [6.07, 6.45) is 2.32. The number of carbonyl (C=O) groups is 2. The number of rotatable bonds is 5. The minimum atomic E-state index is -0.530. The molecule has 0 bridgehead atoms. The molecule has 0 radical (unpaired) electrons. The van der Waals surface area contributed by atoms with E-state index in [1.807, 2.05) is 30.9 Å². The SMILES string of the molecule is CC(C)[C@@H](NC(=O)C1CC[C@@H](O)C1)C(=O)N1CCC(c2ccc(Cl)cc2)C(C)(C)C1. The fraction of sp³-hybridized carbons (Fsp3) is 0.667. The fourth-order valence-electron chi connectivity index (χ4n) is 5.04. The smallest absolute Gasteiger partial charge is 0.245 e. The van der Waals surface area contributed by atoms with E-state index in [9.17, 15) is 14.7 Å². The summed E-state index contributed by atoms with van der Waals surface area (Å²) in [5.74, 6) is 0.0605. The second-order valence-corrected chi connectivity index (χ2v) is 10.5. The van der Waals surface area contributed by atoms with Crippen LogP contribution in [0.5, 0.6) is 0 Å². The molecule has 1 aliphatic heterocycles. The summed E-state index contributed by atoms with van der Waals surface area (Å²) in [7, 11) is 0. The molecule has 3 rings (SSSR count). The summed E-state index contributed by atoms with van der Waals surface area (Å²) < 4.78 is 0. The zero-order chi connectivity index (χ0) is 22.1. The predicted molar refractivity (Wildman–Crippen MR) is 119 cm³/mol. The van der Waals surface area contributed by atoms with Crippen LogP contribution in [0.25, 0.3) is 0 Å². The first-order valence-corrected chi connectivity index (χ1v) is 11.5. The normalized spacial score (nSPS) is 27.2. The highest BCUT2D eigenvalue weighted by Gasteiger charge is 2.41. The maximum Gasteiger partial charge on any atom is 0.245 e. The largest absolute Gasteiger partial charge is 0.393 e. The van der Waals surface area contributed by atoms with Gasteiger partial charge in [-0.15, -0.1) is 0 Å². The van der Waals surface area contributed by atoms with Crippen LogP contribution < -0.4 is 5.32 Å². The monoisotopic (exact) mass is 434 g/mol. The third kappa shape index (κ3) is 5.17. The van der Waals surface area contributed by atoms with Crippen molar-refractivity contribution in [3.63, 3.8) is 0 Å². The molecule has 5 nitrogen and oxygen atoms in total. The molecule has 0 spiro atoms. The molecule has 2 fully saturated rings.